The topological polar surface area (TPSA) is 90.9 Å². The first kappa shape index (κ1) is 12.2. The molecule has 7 heteroatoms. The molecule has 0 bridgehead atoms. The van der Waals surface area contributed by atoms with E-state index in [1.165, 1.54) is 0 Å². The van der Waals surface area contributed by atoms with E-state index in [0.29, 0.717) is 17.4 Å². The number of nitrogen functional groups attached to an aromatic ring is 1. The second kappa shape index (κ2) is 5.35. The Kier molecular flexibility index (Phi) is 3.61. The van der Waals surface area contributed by atoms with Crippen molar-refractivity contribution in [3.63, 3.8) is 0 Å². The van der Waals surface area contributed by atoms with Crippen LogP contribution in [0.2, 0.25) is 0 Å². The molecule has 2 aromatic rings. The number of aromatic nitrogens is 4. The van der Waals surface area contributed by atoms with E-state index < -0.39 is 0 Å². The Morgan fingerprint density at radius 1 is 1.44 bits per heavy atom. The van der Waals surface area contributed by atoms with E-state index in [1.807, 2.05) is 7.05 Å². The van der Waals surface area contributed by atoms with Crippen LogP contribution in [0.1, 0.15) is 13.3 Å². The van der Waals surface area contributed by atoms with E-state index in [4.69, 9.17) is 10.5 Å². The van der Waals surface area contributed by atoms with Gasteiger partial charge in [-0.3, -0.25) is 4.68 Å². The van der Waals surface area contributed by atoms with Crippen molar-refractivity contribution in [3.8, 4) is 11.6 Å². The highest BCUT2D eigenvalue weighted by Crippen LogP contribution is 2.21. The zero-order chi connectivity index (χ0) is 13.0. The van der Waals surface area contributed by atoms with Crippen LogP contribution in [-0.4, -0.2) is 26.3 Å². The van der Waals surface area contributed by atoms with Gasteiger partial charge in [0.2, 0.25) is 11.8 Å². The van der Waals surface area contributed by atoms with E-state index in [-0.39, 0.29) is 5.95 Å². The predicted molar refractivity (Wildman–Crippen MR) is 68.5 cm³/mol. The summed E-state index contributed by atoms with van der Waals surface area (Å²) in [6.45, 7) is 2.90. The molecule has 0 aromatic carbocycles. The normalized spacial score (nSPS) is 10.3. The first-order valence-corrected chi connectivity index (χ1v) is 5.72. The minimum atomic E-state index is 0.176. The molecule has 0 aliphatic rings. The zero-order valence-electron chi connectivity index (χ0n) is 10.4. The molecule has 0 unspecified atom stereocenters. The third kappa shape index (κ3) is 3.09. The van der Waals surface area contributed by atoms with Crippen LogP contribution in [-0.2, 0) is 7.05 Å². The molecule has 0 amide bonds. The van der Waals surface area contributed by atoms with E-state index in [9.17, 15) is 0 Å². The second-order valence-electron chi connectivity index (χ2n) is 3.83. The minimum Gasteiger partial charge on any atom is -0.435 e. The molecule has 3 N–H and O–H groups in total. The molecular formula is C11H16N6O. The van der Waals surface area contributed by atoms with E-state index >= 15 is 0 Å². The highest BCUT2D eigenvalue weighted by atomic mass is 16.5. The molecule has 96 valence electrons. The van der Waals surface area contributed by atoms with Gasteiger partial charge in [-0.2, -0.15) is 15.1 Å². The Bertz CT molecular complexity index is 524. The van der Waals surface area contributed by atoms with Gasteiger partial charge >= 0.3 is 0 Å². The Hall–Kier alpha value is -2.31. The van der Waals surface area contributed by atoms with Gasteiger partial charge in [0.15, 0.2) is 5.75 Å². The molecule has 7 nitrogen and oxygen atoms in total. The van der Waals surface area contributed by atoms with Gasteiger partial charge in [-0.1, -0.05) is 6.92 Å². The maximum absolute atomic E-state index is 5.63. The molecule has 0 saturated heterocycles. The summed E-state index contributed by atoms with van der Waals surface area (Å²) in [6.07, 6.45) is 4.36. The predicted octanol–water partition coefficient (Wildman–Crippen LogP) is 1.41. The van der Waals surface area contributed by atoms with Crippen molar-refractivity contribution in [2.24, 2.45) is 7.05 Å². The van der Waals surface area contributed by atoms with E-state index in [0.717, 1.165) is 13.0 Å². The Morgan fingerprint density at radius 2 is 2.28 bits per heavy atom. The fraction of sp³-hybridized carbons (Fsp3) is 0.364. The molecule has 2 rings (SSSR count). The van der Waals surface area contributed by atoms with Gasteiger partial charge in [0.25, 0.3) is 0 Å². The van der Waals surface area contributed by atoms with Crippen LogP contribution in [0.15, 0.2) is 18.5 Å². The summed E-state index contributed by atoms with van der Waals surface area (Å²) in [5.74, 6) is 1.84. The van der Waals surface area contributed by atoms with Gasteiger partial charge in [0, 0.05) is 19.7 Å². The van der Waals surface area contributed by atoms with E-state index in [2.05, 4.69) is 27.3 Å². The first-order chi connectivity index (χ1) is 8.67. The van der Waals surface area contributed by atoms with Crippen LogP contribution < -0.4 is 15.8 Å². The third-order valence-corrected chi connectivity index (χ3v) is 2.18. The lowest BCUT2D eigenvalue weighted by Crippen LogP contribution is -2.05. The number of aryl methyl sites for hydroxylation is 1. The summed E-state index contributed by atoms with van der Waals surface area (Å²) in [5.41, 5.74) is 5.63. The number of rotatable bonds is 5. The van der Waals surface area contributed by atoms with Crippen molar-refractivity contribution < 1.29 is 4.74 Å². The molecule has 18 heavy (non-hydrogen) atoms. The summed E-state index contributed by atoms with van der Waals surface area (Å²) < 4.78 is 7.20. The van der Waals surface area contributed by atoms with Gasteiger partial charge < -0.3 is 15.8 Å². The lowest BCUT2D eigenvalue weighted by Gasteiger charge is -2.07. The second-order valence-corrected chi connectivity index (χ2v) is 3.83. The van der Waals surface area contributed by atoms with Crippen molar-refractivity contribution >= 4 is 11.8 Å². The lowest BCUT2D eigenvalue weighted by atomic mass is 10.4. The average molecular weight is 248 g/mol. The molecular weight excluding hydrogens is 232 g/mol. The monoisotopic (exact) mass is 248 g/mol. The van der Waals surface area contributed by atoms with Crippen LogP contribution in [0, 0.1) is 0 Å². The van der Waals surface area contributed by atoms with Crippen LogP contribution in [0.5, 0.6) is 11.6 Å². The van der Waals surface area contributed by atoms with Crippen molar-refractivity contribution in [2.45, 2.75) is 13.3 Å². The SMILES string of the molecule is CCCNc1cc(Oc2cnn(C)c2)nc(N)n1. The minimum absolute atomic E-state index is 0.176. The summed E-state index contributed by atoms with van der Waals surface area (Å²) in [5, 5.41) is 7.14. The highest BCUT2D eigenvalue weighted by Gasteiger charge is 2.05. The summed E-state index contributed by atoms with van der Waals surface area (Å²) in [4.78, 5) is 8.09. The third-order valence-electron chi connectivity index (χ3n) is 2.18. The summed E-state index contributed by atoms with van der Waals surface area (Å²) in [6, 6.07) is 1.71. The zero-order valence-corrected chi connectivity index (χ0v) is 10.4. The number of nitrogens with one attached hydrogen (secondary N) is 1. The maximum atomic E-state index is 5.63. The van der Waals surface area contributed by atoms with Crippen LogP contribution >= 0.6 is 0 Å². The van der Waals surface area contributed by atoms with Crippen molar-refractivity contribution in [3.05, 3.63) is 18.5 Å². The molecule has 0 atom stereocenters. The summed E-state index contributed by atoms with van der Waals surface area (Å²) in [7, 11) is 1.81. The van der Waals surface area contributed by atoms with Gasteiger partial charge in [0.05, 0.1) is 12.4 Å². The number of nitrogens with zero attached hydrogens (tertiary/aromatic N) is 4. The molecule has 2 heterocycles. The maximum Gasteiger partial charge on any atom is 0.226 e. The highest BCUT2D eigenvalue weighted by molar-refractivity contribution is 5.43. The smallest absolute Gasteiger partial charge is 0.226 e. The number of hydrogen-bond donors (Lipinski definition) is 2. The van der Waals surface area contributed by atoms with Gasteiger partial charge in [-0.25, -0.2) is 0 Å². The first-order valence-electron chi connectivity index (χ1n) is 5.72. The molecule has 0 saturated carbocycles. The Balaban J connectivity index is 2.14. The van der Waals surface area contributed by atoms with Crippen molar-refractivity contribution in [1.29, 1.82) is 0 Å². The molecule has 0 spiro atoms. The molecule has 0 radical (unpaired) electrons. The van der Waals surface area contributed by atoms with Crippen LogP contribution in [0.4, 0.5) is 11.8 Å². The molecule has 0 fully saturated rings. The van der Waals surface area contributed by atoms with E-state index in [1.54, 1.807) is 23.1 Å². The molecule has 0 aliphatic carbocycles. The van der Waals surface area contributed by atoms with Crippen LogP contribution in [0.3, 0.4) is 0 Å². The average Bonchev–Trinajstić information content (AvgIpc) is 2.71. The van der Waals surface area contributed by atoms with Crippen molar-refractivity contribution in [2.75, 3.05) is 17.6 Å². The standard InChI is InChI=1S/C11H16N6O/c1-3-4-13-9-5-10(16-11(12)15-9)18-8-6-14-17(2)7-8/h5-7H,3-4H2,1-2H3,(H3,12,13,15,16). The van der Waals surface area contributed by atoms with Gasteiger partial charge in [-0.05, 0) is 6.42 Å². The summed E-state index contributed by atoms with van der Waals surface area (Å²) >= 11 is 0. The number of ether oxygens (including phenoxy) is 1. The Labute approximate surface area is 105 Å². The van der Waals surface area contributed by atoms with Gasteiger partial charge in [-0.15, -0.1) is 0 Å². The van der Waals surface area contributed by atoms with Gasteiger partial charge in [0.1, 0.15) is 5.82 Å². The fourth-order valence-electron chi connectivity index (χ4n) is 1.41. The molecule has 0 aliphatic heterocycles. The number of anilines is 2. The Morgan fingerprint density at radius 3 is 2.94 bits per heavy atom. The largest absolute Gasteiger partial charge is 0.435 e. The fourth-order valence-corrected chi connectivity index (χ4v) is 1.41. The lowest BCUT2D eigenvalue weighted by molar-refractivity contribution is 0.462. The number of hydrogen-bond acceptors (Lipinski definition) is 6. The molecule has 2 aromatic heterocycles. The quantitative estimate of drug-likeness (QED) is 0.831. The van der Waals surface area contributed by atoms with Crippen LogP contribution in [0.25, 0.3) is 0 Å². The van der Waals surface area contributed by atoms with Crippen molar-refractivity contribution in [1.82, 2.24) is 19.7 Å². The number of nitrogens with two attached hydrogens (primary N) is 1.